The van der Waals surface area contributed by atoms with E-state index in [4.69, 9.17) is 31.3 Å². The van der Waals surface area contributed by atoms with Crippen molar-refractivity contribution in [2.24, 2.45) is 0 Å². The molecule has 0 radical (unpaired) electrons. The van der Waals surface area contributed by atoms with Crippen LogP contribution in [0.2, 0.25) is 5.02 Å². The van der Waals surface area contributed by atoms with Gasteiger partial charge in [0.15, 0.2) is 0 Å². The molecular weight excluding hydrogens is 487 g/mol. The summed E-state index contributed by atoms with van der Waals surface area (Å²) in [5, 5.41) is 16.7. The van der Waals surface area contributed by atoms with Crippen molar-refractivity contribution < 1.29 is 37.7 Å². The van der Waals surface area contributed by atoms with Crippen LogP contribution in [-0.4, -0.2) is 59.5 Å². The molecule has 0 fully saturated rings. The molecule has 0 saturated heterocycles. The van der Waals surface area contributed by atoms with Crippen molar-refractivity contribution in [3.63, 3.8) is 0 Å². The lowest BCUT2D eigenvalue weighted by Crippen LogP contribution is -2.30. The van der Waals surface area contributed by atoms with Gasteiger partial charge in [-0.1, -0.05) is 41.9 Å². The van der Waals surface area contributed by atoms with E-state index in [2.05, 4.69) is 35.2 Å². The van der Waals surface area contributed by atoms with E-state index in [9.17, 15) is 18.0 Å². The second-order valence-electron chi connectivity index (χ2n) is 7.83. The molecule has 0 saturated carbocycles. The molecule has 1 heterocycles. The third kappa shape index (κ3) is 10.8. The van der Waals surface area contributed by atoms with Crippen molar-refractivity contribution in [2.45, 2.75) is 31.9 Å². The summed E-state index contributed by atoms with van der Waals surface area (Å²) >= 11 is 5.90. The molecule has 35 heavy (non-hydrogen) atoms. The van der Waals surface area contributed by atoms with Crippen LogP contribution in [0.1, 0.15) is 30.4 Å². The largest absolute Gasteiger partial charge is 0.494 e. The van der Waals surface area contributed by atoms with Gasteiger partial charge < -0.3 is 14.9 Å². The van der Waals surface area contributed by atoms with E-state index >= 15 is 0 Å². The third-order valence-electron chi connectivity index (χ3n) is 5.19. The number of halogens is 4. The summed E-state index contributed by atoms with van der Waals surface area (Å²) in [6, 6.07) is 16.2. The van der Waals surface area contributed by atoms with Crippen molar-refractivity contribution in [3.8, 4) is 5.75 Å². The van der Waals surface area contributed by atoms with E-state index in [1.807, 2.05) is 24.3 Å². The summed E-state index contributed by atoms with van der Waals surface area (Å²) in [5.41, 5.74) is 3.80. The highest BCUT2D eigenvalue weighted by Crippen LogP contribution is 2.24. The molecule has 3 rings (SSSR count). The molecule has 0 bridgehead atoms. The van der Waals surface area contributed by atoms with Crippen LogP contribution in [0.4, 0.5) is 13.2 Å². The minimum Gasteiger partial charge on any atom is -0.494 e. The number of nitrogens with zero attached hydrogens (tertiary/aromatic N) is 1. The standard InChI is InChI=1S/C23H26ClNO3.C2HF3O2/c24-21-7-3-18(4-8-21)2-1-17-28-22-9-5-19(6-10-22)20-11-14-25(15-12-20)16-13-23(26)27;3-2(4,5)1(6)7/h3-11H,1-2,12-17H2,(H,26,27);(H,6,7). The number of carboxylic acid groups (broad SMARTS) is 2. The molecule has 0 spiro atoms. The van der Waals surface area contributed by atoms with Gasteiger partial charge in [0.05, 0.1) is 13.0 Å². The summed E-state index contributed by atoms with van der Waals surface area (Å²) in [6.07, 6.45) is 0.197. The van der Waals surface area contributed by atoms with Crippen LogP contribution < -0.4 is 4.74 Å². The van der Waals surface area contributed by atoms with Crippen LogP contribution in [0.15, 0.2) is 54.6 Å². The zero-order chi connectivity index (χ0) is 25.8. The molecular formula is C25H27ClF3NO5. The van der Waals surface area contributed by atoms with E-state index in [-0.39, 0.29) is 6.42 Å². The van der Waals surface area contributed by atoms with Crippen molar-refractivity contribution in [1.82, 2.24) is 4.90 Å². The molecule has 2 N–H and O–H groups in total. The predicted octanol–water partition coefficient (Wildman–Crippen LogP) is 5.55. The highest BCUT2D eigenvalue weighted by Gasteiger charge is 2.38. The van der Waals surface area contributed by atoms with Gasteiger partial charge in [0.2, 0.25) is 0 Å². The average Bonchev–Trinajstić information content (AvgIpc) is 2.82. The molecule has 0 aliphatic carbocycles. The SMILES string of the molecule is O=C(O)C(F)(F)F.O=C(O)CCN1CC=C(c2ccc(OCCCc3ccc(Cl)cc3)cc2)CC1. The molecule has 0 atom stereocenters. The molecule has 0 unspecified atom stereocenters. The Hall–Kier alpha value is -3.04. The Morgan fingerprint density at radius 2 is 1.66 bits per heavy atom. The van der Waals surface area contributed by atoms with Gasteiger partial charge in [0.1, 0.15) is 5.75 Å². The molecule has 10 heteroatoms. The Bertz CT molecular complexity index is 992. The summed E-state index contributed by atoms with van der Waals surface area (Å²) in [4.78, 5) is 21.8. The number of alkyl halides is 3. The normalized spacial score (nSPS) is 13.9. The van der Waals surface area contributed by atoms with Gasteiger partial charge in [-0.15, -0.1) is 0 Å². The number of carbonyl (C=O) groups is 2. The van der Waals surface area contributed by atoms with Crippen LogP contribution in [-0.2, 0) is 16.0 Å². The number of hydrogen-bond donors (Lipinski definition) is 2. The summed E-state index contributed by atoms with van der Waals surface area (Å²) < 4.78 is 37.6. The second-order valence-corrected chi connectivity index (χ2v) is 8.27. The first-order chi connectivity index (χ1) is 16.5. The highest BCUT2D eigenvalue weighted by atomic mass is 35.5. The van der Waals surface area contributed by atoms with Crippen molar-refractivity contribution in [3.05, 3.63) is 70.8 Å². The summed E-state index contributed by atoms with van der Waals surface area (Å²) in [6.45, 7) is 3.01. The van der Waals surface area contributed by atoms with Gasteiger partial charge in [0.25, 0.3) is 0 Å². The van der Waals surface area contributed by atoms with Crippen LogP contribution >= 0.6 is 11.6 Å². The maximum absolute atomic E-state index is 10.7. The minimum absolute atomic E-state index is 0.202. The van der Waals surface area contributed by atoms with Gasteiger partial charge in [-0.05, 0) is 60.2 Å². The van der Waals surface area contributed by atoms with Gasteiger partial charge >= 0.3 is 18.1 Å². The number of ether oxygens (including phenoxy) is 1. The minimum atomic E-state index is -5.08. The van der Waals surface area contributed by atoms with Gasteiger partial charge in [-0.3, -0.25) is 9.69 Å². The van der Waals surface area contributed by atoms with Crippen molar-refractivity contribution in [2.75, 3.05) is 26.2 Å². The lowest BCUT2D eigenvalue weighted by Gasteiger charge is -2.25. The van der Waals surface area contributed by atoms with E-state index in [1.165, 1.54) is 16.7 Å². The first-order valence-corrected chi connectivity index (χ1v) is 11.3. The fourth-order valence-corrected chi connectivity index (χ4v) is 3.44. The Balaban J connectivity index is 0.000000540. The smallest absolute Gasteiger partial charge is 0.490 e. The van der Waals surface area contributed by atoms with Crippen molar-refractivity contribution >= 4 is 29.1 Å². The fraction of sp³-hybridized carbons (Fsp3) is 0.360. The summed E-state index contributed by atoms with van der Waals surface area (Å²) in [5.74, 6) is -2.61. The number of aryl methyl sites for hydroxylation is 1. The molecule has 1 aliphatic rings. The zero-order valence-electron chi connectivity index (χ0n) is 18.9. The Labute approximate surface area is 206 Å². The molecule has 2 aromatic rings. The van der Waals surface area contributed by atoms with Crippen LogP contribution in [0, 0.1) is 0 Å². The topological polar surface area (TPSA) is 87.1 Å². The van der Waals surface area contributed by atoms with Crippen LogP contribution in [0.5, 0.6) is 5.75 Å². The molecule has 2 aromatic carbocycles. The number of hydrogen-bond acceptors (Lipinski definition) is 4. The van der Waals surface area contributed by atoms with E-state index in [1.54, 1.807) is 0 Å². The molecule has 190 valence electrons. The fourth-order valence-electron chi connectivity index (χ4n) is 3.31. The Morgan fingerprint density at radius 1 is 1.03 bits per heavy atom. The number of aliphatic carboxylic acids is 2. The maximum Gasteiger partial charge on any atom is 0.490 e. The lowest BCUT2D eigenvalue weighted by molar-refractivity contribution is -0.192. The number of carboxylic acids is 2. The lowest BCUT2D eigenvalue weighted by atomic mass is 9.99. The molecule has 1 aliphatic heterocycles. The van der Waals surface area contributed by atoms with Gasteiger partial charge in [-0.25, -0.2) is 4.79 Å². The Morgan fingerprint density at radius 3 is 2.17 bits per heavy atom. The first kappa shape index (κ1) is 28.2. The second kappa shape index (κ2) is 13.7. The highest BCUT2D eigenvalue weighted by molar-refractivity contribution is 6.30. The quantitative estimate of drug-likeness (QED) is 0.428. The first-order valence-electron chi connectivity index (χ1n) is 11.0. The zero-order valence-corrected chi connectivity index (χ0v) is 19.7. The van der Waals surface area contributed by atoms with E-state index in [0.717, 1.165) is 43.1 Å². The third-order valence-corrected chi connectivity index (χ3v) is 5.45. The van der Waals surface area contributed by atoms with E-state index < -0.39 is 18.1 Å². The van der Waals surface area contributed by atoms with Crippen LogP contribution in [0.25, 0.3) is 5.57 Å². The molecule has 0 amide bonds. The average molecular weight is 514 g/mol. The van der Waals surface area contributed by atoms with Crippen LogP contribution in [0.3, 0.4) is 0 Å². The molecule has 6 nitrogen and oxygen atoms in total. The summed E-state index contributed by atoms with van der Waals surface area (Å²) in [7, 11) is 0. The Kier molecular flexibility index (Phi) is 11.1. The number of benzene rings is 2. The van der Waals surface area contributed by atoms with Gasteiger partial charge in [-0.2, -0.15) is 13.2 Å². The predicted molar refractivity (Wildman–Crippen MR) is 127 cm³/mol. The van der Waals surface area contributed by atoms with E-state index in [0.29, 0.717) is 13.2 Å². The number of rotatable bonds is 9. The molecule has 0 aromatic heterocycles. The maximum atomic E-state index is 10.7. The monoisotopic (exact) mass is 513 g/mol. The van der Waals surface area contributed by atoms with Crippen molar-refractivity contribution in [1.29, 1.82) is 0 Å². The van der Waals surface area contributed by atoms with Gasteiger partial charge in [0, 0.05) is 24.7 Å².